The van der Waals surface area contributed by atoms with Crippen LogP contribution in [-0.4, -0.2) is 27.9 Å². The van der Waals surface area contributed by atoms with E-state index in [2.05, 4.69) is 0 Å². The first-order valence-electron chi connectivity index (χ1n) is 2.94. The Morgan fingerprint density at radius 1 is 0.765 bits per heavy atom. The minimum Gasteiger partial charge on any atom is -0.776 e. The van der Waals surface area contributed by atoms with Crippen LogP contribution in [0.2, 0.25) is 0 Å². The molecule has 17 heavy (non-hydrogen) atoms. The molecular weight excluding hydrogens is 329 g/mol. The Kier molecular flexibility index (Phi) is 3.76. The Bertz CT molecular complexity index is 502. The van der Waals surface area contributed by atoms with Gasteiger partial charge >= 0.3 is 11.0 Å². The lowest BCUT2D eigenvalue weighted by Crippen LogP contribution is -2.36. The van der Waals surface area contributed by atoms with Gasteiger partial charge in [-0.3, -0.25) is 0 Å². The smallest absolute Gasteiger partial charge is 0.503 e. The molecule has 0 amide bonds. The van der Waals surface area contributed by atoms with Crippen molar-refractivity contribution in [2.24, 2.45) is 0 Å². The zero-order valence-corrected chi connectivity index (χ0v) is 9.51. The summed E-state index contributed by atoms with van der Waals surface area (Å²) in [6, 6.07) is 0. The quantitative estimate of drug-likeness (QED) is 0.533. The Labute approximate surface area is 89.0 Å². The lowest BCUT2D eigenvalue weighted by molar-refractivity contribution is -0.164. The van der Waals surface area contributed by atoms with Crippen molar-refractivity contribution >= 4 is 24.7 Å². The highest BCUT2D eigenvalue weighted by molar-refractivity contribution is 8.82. The molecule has 0 saturated carbocycles. The molecule has 0 spiro atoms. The van der Waals surface area contributed by atoms with E-state index in [1.54, 1.807) is 0 Å². The highest BCUT2D eigenvalue weighted by Crippen LogP contribution is 2.60. The maximum atomic E-state index is 11.7. The number of hydrogen-bond donors (Lipinski definition) is 0. The molecule has 15 heteroatoms. The number of halogens is 6. The average molecular weight is 329 g/mol. The SMILES string of the molecule is O=P([O-])(S(=O)(=O)C(F)(F)F)S(=O)(=O)C(F)(F)F. The summed E-state index contributed by atoms with van der Waals surface area (Å²) in [4.78, 5) is 10.4. The van der Waals surface area contributed by atoms with E-state index >= 15 is 0 Å². The zero-order chi connectivity index (χ0) is 14.5. The maximum absolute atomic E-state index is 11.7. The van der Waals surface area contributed by atoms with E-state index in [4.69, 9.17) is 0 Å². The van der Waals surface area contributed by atoms with Crippen molar-refractivity contribution in [3.8, 4) is 0 Å². The van der Waals surface area contributed by atoms with Crippen molar-refractivity contribution < 1.29 is 52.6 Å². The number of alkyl halides is 6. The summed E-state index contributed by atoms with van der Waals surface area (Å²) in [5.74, 6) is -7.90. The summed E-state index contributed by atoms with van der Waals surface area (Å²) >= 11 is 0. The molecule has 0 aliphatic rings. The van der Waals surface area contributed by atoms with Crippen LogP contribution in [-0.2, 0) is 23.5 Å². The van der Waals surface area contributed by atoms with Crippen molar-refractivity contribution in [3.05, 3.63) is 0 Å². The average Bonchev–Trinajstić information content (AvgIpc) is 1.98. The van der Waals surface area contributed by atoms with Gasteiger partial charge in [0, 0.05) is 0 Å². The van der Waals surface area contributed by atoms with E-state index in [0.717, 1.165) is 0 Å². The fraction of sp³-hybridized carbons (Fsp3) is 1.00. The van der Waals surface area contributed by atoms with Crippen LogP contribution in [0.5, 0.6) is 0 Å². The lowest BCUT2D eigenvalue weighted by atomic mass is 11.6. The standard InChI is InChI=1S/C2HF6O6PS2/c3-1(4,5)16(11,12)15(9,10)17(13,14)2(6,7)8/h(H,9,10)/p-1. The molecule has 0 saturated heterocycles. The number of hydrogen-bond acceptors (Lipinski definition) is 6. The summed E-state index contributed by atoms with van der Waals surface area (Å²) < 4.78 is 121. The second-order valence-corrected chi connectivity index (χ2v) is 12.5. The zero-order valence-electron chi connectivity index (χ0n) is 6.98. The van der Waals surface area contributed by atoms with Crippen LogP contribution in [0, 0.1) is 0 Å². The van der Waals surface area contributed by atoms with Crippen molar-refractivity contribution in [3.63, 3.8) is 0 Å². The molecule has 0 bridgehead atoms. The lowest BCUT2D eigenvalue weighted by Gasteiger charge is -2.24. The molecule has 0 atom stereocenters. The minimum atomic E-state index is -7.90. The maximum Gasteiger partial charge on any atom is 0.503 e. The summed E-state index contributed by atoms with van der Waals surface area (Å²) in [6.07, 6.45) is 0. The fourth-order valence-electron chi connectivity index (χ4n) is 0.383. The molecule has 0 rings (SSSR count). The van der Waals surface area contributed by atoms with E-state index in [1.807, 2.05) is 0 Å². The molecule has 0 aromatic carbocycles. The molecule has 0 fully saturated rings. The molecule has 6 nitrogen and oxygen atoms in total. The van der Waals surface area contributed by atoms with E-state index in [9.17, 15) is 52.6 Å². The monoisotopic (exact) mass is 329 g/mol. The molecular formula is C2F6O6PS2-. The van der Waals surface area contributed by atoms with Crippen LogP contribution < -0.4 is 4.89 Å². The third kappa shape index (κ3) is 2.30. The Balaban J connectivity index is 6.26. The predicted octanol–water partition coefficient (Wildman–Crippen LogP) is 0.324. The highest BCUT2D eigenvalue weighted by atomic mass is 33.1. The largest absolute Gasteiger partial charge is 0.776 e. The van der Waals surface area contributed by atoms with Gasteiger partial charge in [0.2, 0.25) is 0 Å². The van der Waals surface area contributed by atoms with Gasteiger partial charge in [-0.05, 0) is 0 Å². The van der Waals surface area contributed by atoms with Gasteiger partial charge in [-0.15, -0.1) is 0 Å². The van der Waals surface area contributed by atoms with E-state index in [-0.39, 0.29) is 0 Å². The topological polar surface area (TPSA) is 108 Å². The molecule has 0 radical (unpaired) electrons. The molecule has 0 aromatic heterocycles. The first-order valence-corrected chi connectivity index (χ1v) is 8.74. The van der Waals surface area contributed by atoms with Gasteiger partial charge in [-0.2, -0.15) is 26.3 Å². The molecule has 104 valence electrons. The van der Waals surface area contributed by atoms with Crippen LogP contribution in [0.1, 0.15) is 0 Å². The molecule has 0 aromatic rings. The van der Waals surface area contributed by atoms with Gasteiger partial charge in [0.1, 0.15) is 0 Å². The van der Waals surface area contributed by atoms with E-state index in [0.29, 0.717) is 0 Å². The van der Waals surface area contributed by atoms with Crippen LogP contribution in [0.3, 0.4) is 0 Å². The summed E-state index contributed by atoms with van der Waals surface area (Å²) in [5, 5.41) is 0. The minimum absolute atomic E-state index is 6.68. The number of rotatable bonds is 2. The molecule has 0 N–H and O–H groups in total. The van der Waals surface area contributed by atoms with E-state index < -0.39 is 35.7 Å². The third-order valence-electron chi connectivity index (χ3n) is 1.17. The van der Waals surface area contributed by atoms with Gasteiger partial charge in [0.25, 0.3) is 24.7 Å². The normalized spacial score (nSPS) is 15.9. The predicted molar refractivity (Wildman–Crippen MR) is 37.6 cm³/mol. The Hall–Kier alpha value is -0.330. The highest BCUT2D eigenvalue weighted by Gasteiger charge is 2.65. The van der Waals surface area contributed by atoms with Crippen LogP contribution in [0.4, 0.5) is 26.3 Å². The summed E-state index contributed by atoms with van der Waals surface area (Å²) in [5.41, 5.74) is -13.4. The third-order valence-corrected chi connectivity index (χ3v) is 11.8. The first-order chi connectivity index (χ1) is 7.00. The van der Waals surface area contributed by atoms with Gasteiger partial charge in [-0.1, -0.05) is 0 Å². The molecule has 0 unspecified atom stereocenters. The van der Waals surface area contributed by atoms with Crippen molar-refractivity contribution in [1.82, 2.24) is 0 Å². The molecule has 0 heterocycles. The van der Waals surface area contributed by atoms with Crippen LogP contribution >= 0.6 is 5.77 Å². The van der Waals surface area contributed by atoms with Gasteiger partial charge in [-0.25, -0.2) is 16.8 Å². The van der Waals surface area contributed by atoms with Crippen molar-refractivity contribution in [2.75, 3.05) is 0 Å². The summed E-state index contributed by atoms with van der Waals surface area (Å²) in [6.45, 7) is 0. The second-order valence-electron chi connectivity index (χ2n) is 2.29. The van der Waals surface area contributed by atoms with Crippen LogP contribution in [0.15, 0.2) is 0 Å². The Morgan fingerprint density at radius 3 is 1.06 bits per heavy atom. The first kappa shape index (κ1) is 16.7. The molecule has 0 aliphatic carbocycles. The molecule has 0 aliphatic heterocycles. The van der Waals surface area contributed by atoms with Gasteiger partial charge in [0.05, 0.1) is 0 Å². The summed E-state index contributed by atoms with van der Waals surface area (Å²) in [7, 11) is -15.0. The second kappa shape index (κ2) is 3.83. The van der Waals surface area contributed by atoms with Gasteiger partial charge < -0.3 is 9.46 Å². The van der Waals surface area contributed by atoms with E-state index in [1.165, 1.54) is 0 Å². The van der Waals surface area contributed by atoms with Crippen molar-refractivity contribution in [2.45, 2.75) is 11.0 Å². The Morgan fingerprint density at radius 2 is 0.941 bits per heavy atom. The van der Waals surface area contributed by atoms with Crippen LogP contribution in [0.25, 0.3) is 0 Å². The van der Waals surface area contributed by atoms with Gasteiger partial charge in [0.15, 0.2) is 0 Å². The fourth-order valence-corrected chi connectivity index (χ4v) is 7.29. The van der Waals surface area contributed by atoms with Crippen molar-refractivity contribution in [1.29, 1.82) is 0 Å².